The minimum Gasteiger partial charge on any atom is -0.481 e. The molecule has 2 aromatic carbocycles. The molecule has 0 atom stereocenters. The van der Waals surface area contributed by atoms with Crippen molar-refractivity contribution in [2.45, 2.75) is 16.7 Å². The summed E-state index contributed by atoms with van der Waals surface area (Å²) in [6, 6.07) is 11.3. The molecule has 15 heteroatoms. The highest BCUT2D eigenvalue weighted by molar-refractivity contribution is 8.14. The number of fused-ring (bicyclic) bond motifs is 2. The minimum atomic E-state index is -4.49. The van der Waals surface area contributed by atoms with Gasteiger partial charge in [0.1, 0.15) is 4.90 Å². The van der Waals surface area contributed by atoms with Gasteiger partial charge in [-0.2, -0.15) is 0 Å². The van der Waals surface area contributed by atoms with Gasteiger partial charge in [0, 0.05) is 50.9 Å². The Bertz CT molecular complexity index is 1830. The van der Waals surface area contributed by atoms with Crippen molar-refractivity contribution < 1.29 is 46.5 Å². The lowest BCUT2D eigenvalue weighted by Crippen LogP contribution is -2.47. The van der Waals surface area contributed by atoms with Crippen LogP contribution >= 0.6 is 21.4 Å². The third-order valence-electron chi connectivity index (χ3n) is 4.94. The Labute approximate surface area is 218 Å². The number of benzene rings is 3. The highest BCUT2D eigenvalue weighted by Gasteiger charge is 2.32. The highest BCUT2D eigenvalue weighted by atomic mass is 35.7. The Hall–Kier alpha value is -3.65. The molecule has 0 fully saturated rings. The van der Waals surface area contributed by atoms with Crippen molar-refractivity contribution in [3.63, 3.8) is 0 Å². The van der Waals surface area contributed by atoms with Crippen molar-refractivity contribution in [1.82, 2.24) is 0 Å². The molecule has 194 valence electrons. The average Bonchev–Trinajstić information content (AvgIpc) is 2.75. The van der Waals surface area contributed by atoms with Crippen molar-refractivity contribution in [2.75, 3.05) is 5.73 Å². The van der Waals surface area contributed by atoms with Crippen molar-refractivity contribution >= 4 is 68.1 Å². The number of anilines is 1. The normalized spacial score (nSPS) is 11.6. The van der Waals surface area contributed by atoms with E-state index in [0.717, 1.165) is 6.92 Å². The SMILES string of the molecule is CC(=O)O.Nc1ccc2c(-c3ccccc3C(=O)O)c3ccc(=[NH2+])c(S(=O)(=O)Cl)c-3oc2c1S(=O)(=O)Cl. The molecule has 0 saturated carbocycles. The quantitative estimate of drug-likeness (QED) is 0.155. The van der Waals surface area contributed by atoms with E-state index < -0.39 is 39.8 Å². The van der Waals surface area contributed by atoms with Crippen molar-refractivity contribution in [2.24, 2.45) is 0 Å². The van der Waals surface area contributed by atoms with E-state index in [0.29, 0.717) is 0 Å². The molecule has 0 unspecified atom stereocenters. The molecule has 6 N–H and O–H groups in total. The van der Waals surface area contributed by atoms with Gasteiger partial charge in [-0.3, -0.25) is 10.2 Å². The predicted octanol–water partition coefficient (Wildman–Crippen LogP) is 2.09. The van der Waals surface area contributed by atoms with Crippen LogP contribution in [0.1, 0.15) is 17.3 Å². The first kappa shape index (κ1) is 27.9. The zero-order chi connectivity index (χ0) is 27.9. The number of hydrogen-bond donors (Lipinski definition) is 4. The standard InChI is InChI=1S/C20H12Cl2N2O7S2.C2H4O2/c21-32(27,28)18-13(23)7-5-11-15(9-3-1-2-4-10(9)20(25)26)12-6-8-14(24)19(33(22,29)30)17(12)31-16(11)18;1-2(3)4/h1-8,23H,24H2,(H,25,26);1H3,(H,3,4)/p+1. The fraction of sp³-hybridized carbons (Fsp3) is 0.0455. The maximum Gasteiger partial charge on any atom is 0.336 e. The second-order valence-electron chi connectivity index (χ2n) is 7.44. The van der Waals surface area contributed by atoms with Gasteiger partial charge in [-0.1, -0.05) is 18.2 Å². The fourth-order valence-electron chi connectivity index (χ4n) is 3.68. The van der Waals surface area contributed by atoms with E-state index in [9.17, 15) is 26.7 Å². The van der Waals surface area contributed by atoms with E-state index >= 15 is 0 Å². The summed E-state index contributed by atoms with van der Waals surface area (Å²) in [6.45, 7) is 1.08. The van der Waals surface area contributed by atoms with Crippen LogP contribution in [-0.4, -0.2) is 39.0 Å². The van der Waals surface area contributed by atoms with E-state index in [1.54, 1.807) is 6.07 Å². The molecule has 2 aromatic rings. The van der Waals surface area contributed by atoms with Gasteiger partial charge in [-0.05, 0) is 29.8 Å². The zero-order valence-electron chi connectivity index (χ0n) is 18.6. The molecule has 37 heavy (non-hydrogen) atoms. The number of aromatic carboxylic acids is 1. The van der Waals surface area contributed by atoms with Crippen LogP contribution in [0.25, 0.3) is 33.4 Å². The molecular weight excluding hydrogens is 571 g/mol. The summed E-state index contributed by atoms with van der Waals surface area (Å²) in [7, 11) is 2.23. The largest absolute Gasteiger partial charge is 0.481 e. The second-order valence-corrected chi connectivity index (χ2v) is 12.4. The number of carbonyl (C=O) groups is 2. The average molecular weight is 588 g/mol. The number of carboxylic acid groups (broad SMARTS) is 2. The van der Waals surface area contributed by atoms with Crippen LogP contribution in [0.4, 0.5) is 5.69 Å². The number of nitrogen functional groups attached to an aromatic ring is 1. The monoisotopic (exact) mass is 587 g/mol. The summed E-state index contributed by atoms with van der Waals surface area (Å²) in [5.41, 5.74) is 5.49. The number of halogens is 2. The summed E-state index contributed by atoms with van der Waals surface area (Å²) >= 11 is 0. The molecule has 0 spiro atoms. The second kappa shape index (κ2) is 10.0. The molecule has 0 amide bonds. The van der Waals surface area contributed by atoms with Gasteiger partial charge in [-0.15, -0.1) is 0 Å². The summed E-state index contributed by atoms with van der Waals surface area (Å²) in [4.78, 5) is 19.7. The molecule has 0 aromatic heterocycles. The van der Waals surface area contributed by atoms with Crippen LogP contribution in [-0.2, 0) is 22.9 Å². The van der Waals surface area contributed by atoms with Crippen LogP contribution in [0.5, 0.6) is 0 Å². The Morgan fingerprint density at radius 2 is 1.46 bits per heavy atom. The number of carboxylic acids is 2. The van der Waals surface area contributed by atoms with Crippen molar-refractivity contribution in [3.05, 3.63) is 59.5 Å². The van der Waals surface area contributed by atoms with Gasteiger partial charge in [0.25, 0.3) is 24.1 Å². The molecular formula is C22H17Cl2N2O9S2+. The molecule has 0 radical (unpaired) electrons. The van der Waals surface area contributed by atoms with E-state index in [4.69, 9.17) is 46.8 Å². The van der Waals surface area contributed by atoms with Gasteiger partial charge in [0.15, 0.2) is 16.2 Å². The Kier molecular flexibility index (Phi) is 7.56. The van der Waals surface area contributed by atoms with E-state index in [1.165, 1.54) is 42.5 Å². The van der Waals surface area contributed by atoms with E-state index in [2.05, 4.69) is 0 Å². The topological polar surface area (TPSA) is 208 Å². The van der Waals surface area contributed by atoms with Gasteiger partial charge >= 0.3 is 5.97 Å². The summed E-state index contributed by atoms with van der Waals surface area (Å²) < 4.78 is 55.1. The van der Waals surface area contributed by atoms with Crippen LogP contribution in [0.3, 0.4) is 0 Å². The number of rotatable bonds is 4. The molecule has 11 nitrogen and oxygen atoms in total. The zero-order valence-corrected chi connectivity index (χ0v) is 21.7. The lowest BCUT2D eigenvalue weighted by Gasteiger charge is -2.19. The lowest BCUT2D eigenvalue weighted by atomic mass is 9.90. The summed E-state index contributed by atoms with van der Waals surface area (Å²) in [5, 5.41) is 22.8. The number of nitrogens with two attached hydrogens (primary N) is 2. The van der Waals surface area contributed by atoms with Crippen LogP contribution in [0.15, 0.2) is 62.7 Å². The van der Waals surface area contributed by atoms with Crippen LogP contribution in [0, 0.1) is 0 Å². The molecule has 0 saturated heterocycles. The summed E-state index contributed by atoms with van der Waals surface area (Å²) in [6.07, 6.45) is 0. The Morgan fingerprint density at radius 1 is 0.892 bits per heavy atom. The van der Waals surface area contributed by atoms with Gasteiger partial charge < -0.3 is 20.4 Å². The van der Waals surface area contributed by atoms with Gasteiger partial charge in [0.2, 0.25) is 5.36 Å². The molecule has 2 aliphatic rings. The summed E-state index contributed by atoms with van der Waals surface area (Å²) in [5.74, 6) is -2.49. The molecule has 1 aliphatic heterocycles. The van der Waals surface area contributed by atoms with Gasteiger partial charge in [-0.25, -0.2) is 21.6 Å². The third-order valence-corrected chi connectivity index (χ3v) is 7.69. The maximum atomic E-state index is 12.3. The fourth-order valence-corrected chi connectivity index (χ4v) is 6.08. The third kappa shape index (κ3) is 5.54. The number of aliphatic carboxylic acids is 1. The minimum absolute atomic E-state index is 0.118. The lowest BCUT2D eigenvalue weighted by molar-refractivity contribution is -0.176. The van der Waals surface area contributed by atoms with Crippen LogP contribution in [0.2, 0.25) is 0 Å². The Morgan fingerprint density at radius 3 is 2.00 bits per heavy atom. The van der Waals surface area contributed by atoms with E-state index in [1.807, 2.05) is 0 Å². The first-order valence-corrected chi connectivity index (χ1v) is 14.5. The van der Waals surface area contributed by atoms with Gasteiger partial charge in [0.05, 0.1) is 11.3 Å². The Balaban J connectivity index is 0.000000886. The smallest absolute Gasteiger partial charge is 0.336 e. The predicted molar refractivity (Wildman–Crippen MR) is 134 cm³/mol. The molecule has 1 heterocycles. The first-order valence-electron chi connectivity index (χ1n) is 9.87. The molecule has 0 bridgehead atoms. The maximum absolute atomic E-state index is 12.3. The molecule has 4 rings (SSSR count). The first-order chi connectivity index (χ1) is 17.1. The van der Waals surface area contributed by atoms with Crippen molar-refractivity contribution in [3.8, 4) is 22.5 Å². The van der Waals surface area contributed by atoms with Crippen molar-refractivity contribution in [1.29, 1.82) is 0 Å². The number of hydrogen-bond acceptors (Lipinski definition) is 8. The highest BCUT2D eigenvalue weighted by Crippen LogP contribution is 2.46. The van der Waals surface area contributed by atoms with E-state index in [-0.39, 0.29) is 50.0 Å². The van der Waals surface area contributed by atoms with Crippen LogP contribution < -0.4 is 16.5 Å². The molecule has 1 aliphatic carbocycles.